The Morgan fingerprint density at radius 3 is 2.48 bits per heavy atom. The molecule has 0 bridgehead atoms. The van der Waals surface area contributed by atoms with Crippen molar-refractivity contribution in [1.82, 2.24) is 10.2 Å². The Morgan fingerprint density at radius 2 is 1.83 bits per heavy atom. The molecule has 1 saturated carbocycles. The Morgan fingerprint density at radius 1 is 1.17 bits per heavy atom. The number of nitrogens with zero attached hydrogens (tertiary/aromatic N) is 1. The molecule has 1 heterocycles. The number of carbonyl (C=O) groups excluding carboxylic acids is 2. The van der Waals surface area contributed by atoms with Crippen LogP contribution in [0.4, 0.5) is 0 Å². The monoisotopic (exact) mass is 310 g/mol. The number of H-pyrrole nitrogens is 1. The minimum atomic E-state index is -0.103. The number of aromatic amines is 1. The summed E-state index contributed by atoms with van der Waals surface area (Å²) in [6, 6.07) is 7.78. The zero-order valence-corrected chi connectivity index (χ0v) is 13.8. The number of Topliss-reactive ketones (excluding diaryl/α,β-unsaturated/α-hetero) is 2. The van der Waals surface area contributed by atoms with E-state index < -0.39 is 0 Å². The van der Waals surface area contributed by atoms with Gasteiger partial charge in [-0.25, -0.2) is 0 Å². The molecule has 0 amide bonds. The summed E-state index contributed by atoms with van der Waals surface area (Å²) < 4.78 is 0. The van der Waals surface area contributed by atoms with E-state index in [9.17, 15) is 9.59 Å². The highest BCUT2D eigenvalue weighted by Crippen LogP contribution is 2.34. The molecule has 1 fully saturated rings. The van der Waals surface area contributed by atoms with Gasteiger partial charge in [-0.05, 0) is 17.9 Å². The standard InChI is InChI=1S/C19H22N2O2/c1-19(2,3)9-8-14-16(22)10-12(11-17(14)23)18-13-6-4-5-7-15(13)20-21-18/h4-8,12H,9-11H2,1-3H3,(H,20,21). The molecule has 4 nitrogen and oxygen atoms in total. The number of carbonyl (C=O) groups is 2. The lowest BCUT2D eigenvalue weighted by Crippen LogP contribution is -2.25. The number of aromatic nitrogens is 2. The molecule has 1 aliphatic carbocycles. The number of nitrogens with one attached hydrogen (secondary N) is 1. The predicted octanol–water partition coefficient (Wildman–Crippen LogP) is 3.94. The normalized spacial score (nSPS) is 19.4. The first kappa shape index (κ1) is 15.7. The molecule has 4 heteroatoms. The molecule has 0 spiro atoms. The number of rotatable bonds is 2. The summed E-state index contributed by atoms with van der Waals surface area (Å²) in [7, 11) is 0. The second kappa shape index (κ2) is 5.76. The number of hydrogen-bond donors (Lipinski definition) is 1. The van der Waals surface area contributed by atoms with Gasteiger partial charge in [0.2, 0.25) is 0 Å². The number of ketones is 2. The summed E-state index contributed by atoms with van der Waals surface area (Å²) in [5.74, 6) is -0.197. The number of para-hydroxylation sites is 1. The van der Waals surface area contributed by atoms with Gasteiger partial charge in [0, 0.05) is 29.8 Å². The minimum absolute atomic E-state index is 0.0471. The molecule has 0 aliphatic heterocycles. The van der Waals surface area contributed by atoms with E-state index in [1.165, 1.54) is 0 Å². The fourth-order valence-electron chi connectivity index (χ4n) is 3.03. The van der Waals surface area contributed by atoms with Crippen LogP contribution in [0, 0.1) is 5.41 Å². The van der Waals surface area contributed by atoms with Crippen LogP contribution in [-0.2, 0) is 9.59 Å². The Balaban J connectivity index is 1.85. The fraction of sp³-hybridized carbons (Fsp3) is 0.421. The van der Waals surface area contributed by atoms with Crippen LogP contribution in [0.5, 0.6) is 0 Å². The highest BCUT2D eigenvalue weighted by atomic mass is 16.1. The summed E-state index contributed by atoms with van der Waals surface area (Å²) in [6.07, 6.45) is 3.30. The third-order valence-electron chi connectivity index (χ3n) is 4.28. The average Bonchev–Trinajstić information content (AvgIpc) is 2.89. The van der Waals surface area contributed by atoms with Crippen LogP contribution in [0.15, 0.2) is 35.9 Å². The first-order chi connectivity index (χ1) is 10.8. The summed E-state index contributed by atoms with van der Waals surface area (Å²) in [5.41, 5.74) is 2.23. The van der Waals surface area contributed by atoms with E-state index in [0.717, 1.165) is 23.0 Å². The quantitative estimate of drug-likeness (QED) is 0.675. The van der Waals surface area contributed by atoms with Gasteiger partial charge in [0.1, 0.15) is 0 Å². The zero-order valence-electron chi connectivity index (χ0n) is 13.8. The Bertz CT molecular complexity index is 773. The smallest absolute Gasteiger partial charge is 0.166 e. The van der Waals surface area contributed by atoms with Crippen LogP contribution >= 0.6 is 0 Å². The van der Waals surface area contributed by atoms with Crippen LogP contribution in [-0.4, -0.2) is 21.8 Å². The van der Waals surface area contributed by atoms with Crippen molar-refractivity contribution in [1.29, 1.82) is 0 Å². The average molecular weight is 310 g/mol. The molecule has 0 unspecified atom stereocenters. The van der Waals surface area contributed by atoms with E-state index in [1.54, 1.807) is 0 Å². The van der Waals surface area contributed by atoms with E-state index in [0.29, 0.717) is 18.4 Å². The first-order valence-electron chi connectivity index (χ1n) is 8.05. The maximum atomic E-state index is 12.4. The van der Waals surface area contributed by atoms with Gasteiger partial charge in [0.25, 0.3) is 0 Å². The van der Waals surface area contributed by atoms with Gasteiger partial charge in [-0.15, -0.1) is 0 Å². The van der Waals surface area contributed by atoms with Crippen molar-refractivity contribution in [2.75, 3.05) is 0 Å². The van der Waals surface area contributed by atoms with Gasteiger partial charge in [0.15, 0.2) is 11.6 Å². The van der Waals surface area contributed by atoms with E-state index >= 15 is 0 Å². The molecule has 2 aromatic rings. The molecule has 120 valence electrons. The molecule has 0 saturated heterocycles. The third-order valence-corrected chi connectivity index (χ3v) is 4.28. The maximum absolute atomic E-state index is 12.4. The van der Waals surface area contributed by atoms with Crippen LogP contribution in [0.2, 0.25) is 0 Å². The van der Waals surface area contributed by atoms with E-state index in [1.807, 2.05) is 30.3 Å². The summed E-state index contributed by atoms with van der Waals surface area (Å²) in [6.45, 7) is 6.30. The van der Waals surface area contributed by atoms with Gasteiger partial charge in [0.05, 0.1) is 11.1 Å². The second-order valence-electron chi connectivity index (χ2n) is 7.49. The largest absolute Gasteiger partial charge is 0.294 e. The Hall–Kier alpha value is -2.23. The number of hydrogen-bond acceptors (Lipinski definition) is 3. The van der Waals surface area contributed by atoms with Crippen LogP contribution in [0.1, 0.15) is 51.6 Å². The molecule has 3 rings (SSSR count). The molecule has 0 atom stereocenters. The summed E-state index contributed by atoms with van der Waals surface area (Å²) in [5, 5.41) is 8.29. The Kier molecular flexibility index (Phi) is 3.92. The van der Waals surface area contributed by atoms with Gasteiger partial charge in [-0.2, -0.15) is 5.10 Å². The van der Waals surface area contributed by atoms with Crippen molar-refractivity contribution in [3.63, 3.8) is 0 Å². The summed E-state index contributed by atoms with van der Waals surface area (Å²) >= 11 is 0. The maximum Gasteiger partial charge on any atom is 0.166 e. The van der Waals surface area contributed by atoms with Crippen molar-refractivity contribution in [3.05, 3.63) is 41.6 Å². The fourth-order valence-corrected chi connectivity index (χ4v) is 3.03. The summed E-state index contributed by atoms with van der Waals surface area (Å²) in [4.78, 5) is 24.9. The van der Waals surface area contributed by atoms with Gasteiger partial charge >= 0.3 is 0 Å². The van der Waals surface area contributed by atoms with E-state index in [4.69, 9.17) is 0 Å². The van der Waals surface area contributed by atoms with Crippen molar-refractivity contribution in [2.24, 2.45) is 5.41 Å². The van der Waals surface area contributed by atoms with Crippen LogP contribution in [0.3, 0.4) is 0 Å². The number of allylic oxidation sites excluding steroid dienone is 2. The molecule has 1 aromatic carbocycles. The molecular weight excluding hydrogens is 288 g/mol. The van der Waals surface area contributed by atoms with Crippen LogP contribution in [0.25, 0.3) is 10.9 Å². The minimum Gasteiger partial charge on any atom is -0.294 e. The van der Waals surface area contributed by atoms with Gasteiger partial charge < -0.3 is 0 Å². The first-order valence-corrected chi connectivity index (χ1v) is 8.05. The van der Waals surface area contributed by atoms with Crippen LogP contribution < -0.4 is 0 Å². The van der Waals surface area contributed by atoms with E-state index in [2.05, 4.69) is 31.0 Å². The Labute approximate surface area is 136 Å². The highest BCUT2D eigenvalue weighted by molar-refractivity contribution is 6.22. The molecular formula is C19H22N2O2. The van der Waals surface area contributed by atoms with E-state index in [-0.39, 0.29) is 22.9 Å². The van der Waals surface area contributed by atoms with Gasteiger partial charge in [-0.3, -0.25) is 14.7 Å². The topological polar surface area (TPSA) is 62.8 Å². The third kappa shape index (κ3) is 3.26. The molecule has 1 N–H and O–H groups in total. The predicted molar refractivity (Wildman–Crippen MR) is 90.2 cm³/mol. The number of benzene rings is 1. The lowest BCUT2D eigenvalue weighted by Gasteiger charge is -2.22. The SMILES string of the molecule is CC(C)(C)CC=C1C(=O)CC(c2[nH]nc3ccccc23)CC1=O. The van der Waals surface area contributed by atoms with Crippen molar-refractivity contribution in [3.8, 4) is 0 Å². The lowest BCUT2D eigenvalue weighted by molar-refractivity contribution is -0.124. The molecule has 0 radical (unpaired) electrons. The second-order valence-corrected chi connectivity index (χ2v) is 7.49. The highest BCUT2D eigenvalue weighted by Gasteiger charge is 2.33. The molecule has 1 aromatic heterocycles. The zero-order chi connectivity index (χ0) is 16.6. The van der Waals surface area contributed by atoms with Crippen molar-refractivity contribution >= 4 is 22.5 Å². The molecule has 1 aliphatic rings. The molecule has 23 heavy (non-hydrogen) atoms. The van der Waals surface area contributed by atoms with Crippen molar-refractivity contribution < 1.29 is 9.59 Å². The van der Waals surface area contributed by atoms with Crippen molar-refractivity contribution in [2.45, 2.75) is 46.0 Å². The number of fused-ring (bicyclic) bond motifs is 1. The lowest BCUT2D eigenvalue weighted by atomic mass is 9.80. The van der Waals surface area contributed by atoms with Gasteiger partial charge in [-0.1, -0.05) is 45.0 Å².